The molecule has 0 atom stereocenters. The second-order valence-electron chi connectivity index (χ2n) is 6.74. The Hall–Kier alpha value is -3.67. The minimum Gasteiger partial charge on any atom is -0.492 e. The fourth-order valence-electron chi connectivity index (χ4n) is 3.49. The summed E-state index contributed by atoms with van der Waals surface area (Å²) in [7, 11) is 0. The molecule has 3 aromatic heterocycles. The minimum absolute atomic E-state index is 0.133. The fraction of sp³-hybridized carbons (Fsp3) is 0.136. The zero-order chi connectivity index (χ0) is 18.9. The summed E-state index contributed by atoms with van der Waals surface area (Å²) in [4.78, 5) is 24.1. The molecule has 0 bridgehead atoms. The van der Waals surface area contributed by atoms with Crippen molar-refractivity contribution in [3.05, 3.63) is 72.2 Å². The monoisotopic (exact) mass is 370 g/mol. The van der Waals surface area contributed by atoms with Crippen LogP contribution in [0.25, 0.3) is 22.2 Å². The van der Waals surface area contributed by atoms with Crippen LogP contribution in [0.15, 0.2) is 61.1 Å². The molecule has 0 amide bonds. The molecule has 1 aromatic carbocycles. The number of pyridine rings is 2. The Morgan fingerprint density at radius 3 is 3.00 bits per heavy atom. The van der Waals surface area contributed by atoms with Crippen LogP contribution in [0.1, 0.15) is 22.3 Å². The zero-order valence-corrected chi connectivity index (χ0v) is 15.1. The molecule has 1 aliphatic heterocycles. The summed E-state index contributed by atoms with van der Waals surface area (Å²) in [5, 5.41) is 4.39. The Morgan fingerprint density at radius 2 is 2.11 bits per heavy atom. The molecule has 4 heterocycles. The van der Waals surface area contributed by atoms with Gasteiger partial charge in [-0.2, -0.15) is 0 Å². The maximum absolute atomic E-state index is 12.1. The van der Waals surface area contributed by atoms with Crippen LogP contribution in [0.5, 0.6) is 5.75 Å². The molecular weight excluding hydrogens is 352 g/mol. The van der Waals surface area contributed by atoms with Crippen molar-refractivity contribution < 1.29 is 9.53 Å². The topological polar surface area (TPSA) is 79.9 Å². The molecule has 0 aliphatic carbocycles. The van der Waals surface area contributed by atoms with Gasteiger partial charge in [0.15, 0.2) is 5.78 Å². The number of aromatic amines is 1. The van der Waals surface area contributed by atoms with Crippen LogP contribution in [0.3, 0.4) is 0 Å². The average Bonchev–Trinajstić information content (AvgIpc) is 3.21. The Balaban J connectivity index is 1.53. The highest BCUT2D eigenvalue weighted by molar-refractivity contribution is 6.01. The number of carbonyl (C=O) groups is 1. The Labute approximate surface area is 161 Å². The van der Waals surface area contributed by atoms with E-state index >= 15 is 0 Å². The standard InChI is InChI=1S/C22H18N4O2/c27-19-6-9-28-20-10-15(3-4-17(19)20)18-11-21(26-22-16(18)5-8-24-22)25-13-14-2-1-7-23-12-14/h1-5,7-8,10-12H,6,9,13H2,(H2,24,25,26). The van der Waals surface area contributed by atoms with Crippen molar-refractivity contribution in [3.63, 3.8) is 0 Å². The van der Waals surface area contributed by atoms with Crippen LogP contribution in [0.4, 0.5) is 5.82 Å². The van der Waals surface area contributed by atoms with E-state index < -0.39 is 0 Å². The molecule has 28 heavy (non-hydrogen) atoms. The highest BCUT2D eigenvalue weighted by Gasteiger charge is 2.19. The van der Waals surface area contributed by atoms with Crippen LogP contribution in [-0.2, 0) is 6.54 Å². The van der Waals surface area contributed by atoms with E-state index in [1.54, 1.807) is 6.20 Å². The van der Waals surface area contributed by atoms with Crippen molar-refractivity contribution in [3.8, 4) is 16.9 Å². The van der Waals surface area contributed by atoms with Gasteiger partial charge >= 0.3 is 0 Å². The predicted molar refractivity (Wildman–Crippen MR) is 108 cm³/mol. The highest BCUT2D eigenvalue weighted by Crippen LogP contribution is 2.35. The number of nitrogens with zero attached hydrogens (tertiary/aromatic N) is 2. The van der Waals surface area contributed by atoms with Crippen LogP contribution in [-0.4, -0.2) is 27.3 Å². The lowest BCUT2D eigenvalue weighted by Crippen LogP contribution is -2.15. The number of benzene rings is 1. The van der Waals surface area contributed by atoms with Gasteiger partial charge in [-0.05, 0) is 47.0 Å². The van der Waals surface area contributed by atoms with E-state index in [2.05, 4.69) is 20.3 Å². The van der Waals surface area contributed by atoms with Gasteiger partial charge in [0, 0.05) is 36.9 Å². The third-order valence-electron chi connectivity index (χ3n) is 4.90. The van der Waals surface area contributed by atoms with Crippen molar-refractivity contribution >= 4 is 22.6 Å². The molecule has 2 N–H and O–H groups in total. The zero-order valence-electron chi connectivity index (χ0n) is 15.1. The molecule has 0 unspecified atom stereocenters. The molecule has 0 saturated carbocycles. The summed E-state index contributed by atoms with van der Waals surface area (Å²) in [5.41, 5.74) is 4.57. The Morgan fingerprint density at radius 1 is 1.14 bits per heavy atom. The number of nitrogens with one attached hydrogen (secondary N) is 2. The average molecular weight is 370 g/mol. The number of rotatable bonds is 4. The van der Waals surface area contributed by atoms with Gasteiger partial charge in [0.2, 0.25) is 0 Å². The number of aromatic nitrogens is 3. The molecule has 0 fully saturated rings. The normalized spacial score (nSPS) is 13.2. The highest BCUT2D eigenvalue weighted by atomic mass is 16.5. The lowest BCUT2D eigenvalue weighted by molar-refractivity contribution is 0.0933. The van der Waals surface area contributed by atoms with Crippen LogP contribution in [0.2, 0.25) is 0 Å². The number of Topliss-reactive ketones (excluding diaryl/α,β-unsaturated/α-hetero) is 1. The Bertz CT molecular complexity index is 1170. The number of carbonyl (C=O) groups excluding carboxylic acids is 1. The molecule has 0 saturated heterocycles. The minimum atomic E-state index is 0.133. The van der Waals surface area contributed by atoms with E-state index in [-0.39, 0.29) is 5.78 Å². The van der Waals surface area contributed by atoms with Gasteiger partial charge in [-0.25, -0.2) is 4.98 Å². The first-order valence-electron chi connectivity index (χ1n) is 9.19. The first-order valence-corrected chi connectivity index (χ1v) is 9.19. The quantitative estimate of drug-likeness (QED) is 0.563. The van der Waals surface area contributed by atoms with Crippen molar-refractivity contribution in [2.75, 3.05) is 11.9 Å². The van der Waals surface area contributed by atoms with Crippen molar-refractivity contribution in [2.45, 2.75) is 13.0 Å². The van der Waals surface area contributed by atoms with Crippen LogP contribution in [0, 0.1) is 0 Å². The van der Waals surface area contributed by atoms with E-state index in [0.29, 0.717) is 30.9 Å². The van der Waals surface area contributed by atoms with Crippen molar-refractivity contribution in [1.29, 1.82) is 0 Å². The van der Waals surface area contributed by atoms with E-state index in [1.165, 1.54) is 0 Å². The smallest absolute Gasteiger partial charge is 0.169 e. The maximum Gasteiger partial charge on any atom is 0.169 e. The number of anilines is 1. The first-order chi connectivity index (χ1) is 13.8. The molecule has 4 aromatic rings. The summed E-state index contributed by atoms with van der Waals surface area (Å²) >= 11 is 0. The molecule has 5 rings (SSSR count). The van der Waals surface area contributed by atoms with Crippen LogP contribution >= 0.6 is 0 Å². The van der Waals surface area contributed by atoms with Crippen LogP contribution < -0.4 is 10.1 Å². The number of fused-ring (bicyclic) bond motifs is 2. The molecule has 0 radical (unpaired) electrons. The second kappa shape index (κ2) is 6.81. The van der Waals surface area contributed by atoms with Gasteiger partial charge in [0.25, 0.3) is 0 Å². The summed E-state index contributed by atoms with van der Waals surface area (Å²) in [6.07, 6.45) is 5.91. The number of ether oxygens (including phenoxy) is 1. The molecule has 1 aliphatic rings. The second-order valence-corrected chi connectivity index (χ2v) is 6.74. The predicted octanol–water partition coefficient (Wildman–Crippen LogP) is 4.20. The molecule has 6 nitrogen and oxygen atoms in total. The van der Waals surface area contributed by atoms with Gasteiger partial charge in [-0.3, -0.25) is 9.78 Å². The van der Waals surface area contributed by atoms with E-state index in [0.717, 1.165) is 33.5 Å². The number of hydrogen-bond acceptors (Lipinski definition) is 5. The van der Waals surface area contributed by atoms with Crippen molar-refractivity contribution in [1.82, 2.24) is 15.0 Å². The third-order valence-corrected chi connectivity index (χ3v) is 4.90. The van der Waals surface area contributed by atoms with Crippen molar-refractivity contribution in [2.24, 2.45) is 0 Å². The number of hydrogen-bond donors (Lipinski definition) is 2. The van der Waals surface area contributed by atoms with E-state index in [9.17, 15) is 4.79 Å². The lowest BCUT2D eigenvalue weighted by Gasteiger charge is -2.17. The number of H-pyrrole nitrogens is 1. The van der Waals surface area contributed by atoms with E-state index in [4.69, 9.17) is 4.74 Å². The van der Waals surface area contributed by atoms with Gasteiger partial charge in [-0.15, -0.1) is 0 Å². The van der Waals surface area contributed by atoms with Gasteiger partial charge in [0.05, 0.1) is 12.2 Å². The lowest BCUT2D eigenvalue weighted by atomic mass is 9.98. The SMILES string of the molecule is O=C1CCOc2cc(-c3cc(NCc4cccnc4)nc4[nH]ccc34)ccc21. The van der Waals surface area contributed by atoms with E-state index in [1.807, 2.05) is 54.9 Å². The summed E-state index contributed by atoms with van der Waals surface area (Å²) in [6.45, 7) is 1.07. The largest absolute Gasteiger partial charge is 0.492 e. The first kappa shape index (κ1) is 16.5. The number of ketones is 1. The van der Waals surface area contributed by atoms with Gasteiger partial charge in [0.1, 0.15) is 17.2 Å². The molecular formula is C22H18N4O2. The van der Waals surface area contributed by atoms with Gasteiger partial charge in [-0.1, -0.05) is 12.1 Å². The summed E-state index contributed by atoms with van der Waals surface area (Å²) < 4.78 is 5.72. The summed E-state index contributed by atoms with van der Waals surface area (Å²) in [6, 6.07) is 13.7. The molecule has 138 valence electrons. The fourth-order valence-corrected chi connectivity index (χ4v) is 3.49. The molecule has 0 spiro atoms. The third kappa shape index (κ3) is 2.99. The molecule has 6 heteroatoms. The Kier molecular flexibility index (Phi) is 4.01. The summed E-state index contributed by atoms with van der Waals surface area (Å²) in [5.74, 6) is 1.55. The van der Waals surface area contributed by atoms with Gasteiger partial charge < -0.3 is 15.0 Å². The maximum atomic E-state index is 12.1.